The van der Waals surface area contributed by atoms with E-state index in [0.717, 1.165) is 31.1 Å². The van der Waals surface area contributed by atoms with Crippen LogP contribution in [0.25, 0.3) is 0 Å². The summed E-state index contributed by atoms with van der Waals surface area (Å²) in [5.41, 5.74) is 3.77. The van der Waals surface area contributed by atoms with Gasteiger partial charge in [0, 0.05) is 36.3 Å². The number of hydrogen-bond acceptors (Lipinski definition) is 4. The van der Waals surface area contributed by atoms with Crippen molar-refractivity contribution in [2.24, 2.45) is 5.92 Å². The summed E-state index contributed by atoms with van der Waals surface area (Å²) in [5, 5.41) is 3.08. The van der Waals surface area contributed by atoms with Gasteiger partial charge >= 0.3 is 0 Å². The second-order valence-corrected chi connectivity index (χ2v) is 8.53. The molecule has 1 aromatic rings. The van der Waals surface area contributed by atoms with Crippen LogP contribution in [0.3, 0.4) is 0 Å². The number of likely N-dealkylation sites (N-methyl/N-ethyl adjacent to an activating group) is 1. The summed E-state index contributed by atoms with van der Waals surface area (Å²) in [6.45, 7) is 5.82. The molecule has 3 fully saturated rings. The van der Waals surface area contributed by atoms with Crippen molar-refractivity contribution in [3.8, 4) is 0 Å². The summed E-state index contributed by atoms with van der Waals surface area (Å²) in [4.78, 5) is 17.6. The Hall–Kier alpha value is -1.59. The average Bonchev–Trinajstić information content (AvgIpc) is 3.23. The topological polar surface area (TPSA) is 44.8 Å². The fourth-order valence-corrected chi connectivity index (χ4v) is 4.70. The Bertz CT molecular complexity index is 698. The van der Waals surface area contributed by atoms with E-state index >= 15 is 0 Å². The minimum atomic E-state index is 0.0400. The first-order chi connectivity index (χ1) is 12.1. The molecule has 3 aliphatic heterocycles. The molecule has 1 N–H and O–H groups in total. The molecule has 2 saturated heterocycles. The van der Waals surface area contributed by atoms with E-state index in [1.54, 1.807) is 0 Å². The van der Waals surface area contributed by atoms with Gasteiger partial charge in [0.05, 0.1) is 19.3 Å². The van der Waals surface area contributed by atoms with E-state index in [0.29, 0.717) is 13.2 Å². The van der Waals surface area contributed by atoms with Crippen LogP contribution in [0.4, 0.5) is 5.69 Å². The maximum Gasteiger partial charge on any atom is 0.251 e. The summed E-state index contributed by atoms with van der Waals surface area (Å²) in [6, 6.07) is 6.55. The number of benzene rings is 1. The number of hydrogen-bond donors (Lipinski definition) is 1. The average molecular weight is 341 g/mol. The molecular formula is C20H27N3O2. The fraction of sp³-hybridized carbons (Fsp3) is 0.650. The zero-order valence-electron chi connectivity index (χ0n) is 15.0. The Kier molecular flexibility index (Phi) is 3.57. The van der Waals surface area contributed by atoms with Crippen LogP contribution in [-0.4, -0.2) is 63.3 Å². The van der Waals surface area contributed by atoms with Gasteiger partial charge in [-0.3, -0.25) is 4.79 Å². The minimum absolute atomic E-state index is 0.0400. The van der Waals surface area contributed by atoms with Gasteiger partial charge < -0.3 is 19.9 Å². The standard InChI is InChI=1S/C20H27N3O2/c1-22-7-6-20(12-22)13-23(9-14-2-3-14)18-5-4-15(8-17(18)20)19(24)21-16-10-25-11-16/h4-5,8,14,16H,2-3,6-7,9-13H2,1H3,(H,21,24). The lowest BCUT2D eigenvalue weighted by atomic mass is 9.81. The molecule has 4 aliphatic rings. The van der Waals surface area contributed by atoms with Crippen molar-refractivity contribution in [1.82, 2.24) is 10.2 Å². The van der Waals surface area contributed by atoms with Crippen LogP contribution in [0.15, 0.2) is 18.2 Å². The largest absolute Gasteiger partial charge is 0.377 e. The maximum absolute atomic E-state index is 12.6. The van der Waals surface area contributed by atoms with Crippen LogP contribution in [0.2, 0.25) is 0 Å². The molecule has 5 rings (SSSR count). The molecule has 3 heterocycles. The molecule has 1 aliphatic carbocycles. The Morgan fingerprint density at radius 1 is 1.32 bits per heavy atom. The molecule has 5 nitrogen and oxygen atoms in total. The molecule has 0 bridgehead atoms. The van der Waals surface area contributed by atoms with Crippen molar-refractivity contribution in [1.29, 1.82) is 0 Å². The van der Waals surface area contributed by atoms with Crippen LogP contribution < -0.4 is 10.2 Å². The predicted octanol–water partition coefficient (Wildman–Crippen LogP) is 1.62. The number of anilines is 1. The highest BCUT2D eigenvalue weighted by atomic mass is 16.5. The number of fused-ring (bicyclic) bond motifs is 2. The highest BCUT2D eigenvalue weighted by molar-refractivity contribution is 5.95. The Balaban J connectivity index is 1.45. The van der Waals surface area contributed by atoms with Gasteiger partial charge in [-0.15, -0.1) is 0 Å². The molecule has 1 atom stereocenters. The van der Waals surface area contributed by atoms with Crippen LogP contribution in [0, 0.1) is 5.92 Å². The van der Waals surface area contributed by atoms with Crippen molar-refractivity contribution in [3.63, 3.8) is 0 Å². The quantitative estimate of drug-likeness (QED) is 0.904. The smallest absolute Gasteiger partial charge is 0.251 e. The first-order valence-corrected chi connectivity index (χ1v) is 9.60. The normalized spacial score (nSPS) is 29.1. The minimum Gasteiger partial charge on any atom is -0.377 e. The molecule has 1 saturated carbocycles. The lowest BCUT2D eigenvalue weighted by Crippen LogP contribution is -2.48. The fourth-order valence-electron chi connectivity index (χ4n) is 4.70. The van der Waals surface area contributed by atoms with Crippen LogP contribution >= 0.6 is 0 Å². The van der Waals surface area contributed by atoms with E-state index in [-0.39, 0.29) is 17.4 Å². The number of nitrogens with zero attached hydrogens (tertiary/aromatic N) is 2. The number of rotatable bonds is 4. The number of amides is 1. The van der Waals surface area contributed by atoms with E-state index in [9.17, 15) is 4.79 Å². The van der Waals surface area contributed by atoms with Crippen molar-refractivity contribution >= 4 is 11.6 Å². The molecule has 25 heavy (non-hydrogen) atoms. The number of nitrogens with one attached hydrogen (secondary N) is 1. The first kappa shape index (κ1) is 15.6. The van der Waals surface area contributed by atoms with E-state index in [1.807, 2.05) is 6.07 Å². The van der Waals surface area contributed by atoms with E-state index in [4.69, 9.17) is 4.74 Å². The molecule has 1 aromatic carbocycles. The summed E-state index contributed by atoms with van der Waals surface area (Å²) in [7, 11) is 2.21. The second-order valence-electron chi connectivity index (χ2n) is 8.53. The monoisotopic (exact) mass is 341 g/mol. The van der Waals surface area contributed by atoms with Crippen LogP contribution in [0.1, 0.15) is 35.2 Å². The highest BCUT2D eigenvalue weighted by Crippen LogP contribution is 2.47. The van der Waals surface area contributed by atoms with E-state index < -0.39 is 0 Å². The number of ether oxygens (including phenoxy) is 1. The second kappa shape index (κ2) is 5.71. The summed E-state index contributed by atoms with van der Waals surface area (Å²) in [5.74, 6) is 0.918. The Labute approximate surface area is 149 Å². The first-order valence-electron chi connectivity index (χ1n) is 9.60. The van der Waals surface area contributed by atoms with Gasteiger partial charge in [-0.05, 0) is 62.5 Å². The SMILES string of the molecule is CN1CCC2(C1)CN(CC1CC1)c1ccc(C(=O)NC3COC3)cc12. The molecule has 0 aromatic heterocycles. The van der Waals surface area contributed by atoms with Crippen molar-refractivity contribution in [3.05, 3.63) is 29.3 Å². The van der Waals surface area contributed by atoms with Gasteiger partial charge in [0.1, 0.15) is 0 Å². The molecule has 5 heteroatoms. The van der Waals surface area contributed by atoms with Gasteiger partial charge in [-0.2, -0.15) is 0 Å². The maximum atomic E-state index is 12.6. The van der Waals surface area contributed by atoms with Gasteiger partial charge in [0.15, 0.2) is 0 Å². The van der Waals surface area contributed by atoms with Crippen LogP contribution in [0.5, 0.6) is 0 Å². The van der Waals surface area contributed by atoms with Gasteiger partial charge in [0.2, 0.25) is 0 Å². The zero-order chi connectivity index (χ0) is 17.0. The molecule has 1 spiro atoms. The molecular weight excluding hydrogens is 314 g/mol. The van der Waals surface area contributed by atoms with Crippen molar-refractivity contribution < 1.29 is 9.53 Å². The highest BCUT2D eigenvalue weighted by Gasteiger charge is 2.47. The van der Waals surface area contributed by atoms with Crippen LogP contribution in [-0.2, 0) is 10.2 Å². The number of carbonyl (C=O) groups is 1. The number of likely N-dealkylation sites (tertiary alicyclic amines) is 1. The van der Waals surface area contributed by atoms with Crippen molar-refractivity contribution in [2.45, 2.75) is 30.7 Å². The summed E-state index contributed by atoms with van der Waals surface area (Å²) >= 11 is 0. The molecule has 1 amide bonds. The predicted molar refractivity (Wildman–Crippen MR) is 97.2 cm³/mol. The van der Waals surface area contributed by atoms with Gasteiger partial charge in [-0.1, -0.05) is 0 Å². The van der Waals surface area contributed by atoms with Gasteiger partial charge in [-0.25, -0.2) is 0 Å². The zero-order valence-corrected chi connectivity index (χ0v) is 15.0. The Morgan fingerprint density at radius 3 is 2.80 bits per heavy atom. The van der Waals surface area contributed by atoms with E-state index in [1.165, 1.54) is 37.1 Å². The van der Waals surface area contributed by atoms with Gasteiger partial charge in [0.25, 0.3) is 5.91 Å². The van der Waals surface area contributed by atoms with E-state index in [2.05, 4.69) is 34.3 Å². The third kappa shape index (κ3) is 2.74. The Morgan fingerprint density at radius 2 is 2.16 bits per heavy atom. The lowest BCUT2D eigenvalue weighted by molar-refractivity contribution is -0.00346. The summed E-state index contributed by atoms with van der Waals surface area (Å²) in [6.07, 6.45) is 3.95. The molecule has 134 valence electrons. The lowest BCUT2D eigenvalue weighted by Gasteiger charge is -2.27. The third-order valence-electron chi connectivity index (χ3n) is 6.36. The third-order valence-corrected chi connectivity index (χ3v) is 6.36. The van der Waals surface area contributed by atoms with Crippen molar-refractivity contribution in [2.75, 3.05) is 51.3 Å². The molecule has 1 unspecified atom stereocenters. The summed E-state index contributed by atoms with van der Waals surface area (Å²) < 4.78 is 5.16. The molecule has 0 radical (unpaired) electrons. The number of carbonyl (C=O) groups excluding carboxylic acids is 1.